The second-order valence-electron chi connectivity index (χ2n) is 3.82. The summed E-state index contributed by atoms with van der Waals surface area (Å²) < 4.78 is 0. The average molecular weight is 141 g/mol. The zero-order valence-corrected chi connectivity index (χ0v) is 5.76. The number of aliphatic carboxylic acids is 1. The van der Waals surface area contributed by atoms with Crippen LogP contribution in [0.25, 0.3) is 0 Å². The molecule has 3 nitrogen and oxygen atoms in total. The molecule has 0 radical (unpaired) electrons. The molecule has 0 saturated heterocycles. The summed E-state index contributed by atoms with van der Waals surface area (Å²) in [5.41, 5.74) is 5.39. The van der Waals surface area contributed by atoms with Crippen LogP contribution < -0.4 is 5.73 Å². The average Bonchev–Trinajstić information content (AvgIpc) is 1.57. The van der Waals surface area contributed by atoms with E-state index < -0.39 is 5.97 Å². The monoisotopic (exact) mass is 141 g/mol. The molecule has 0 heterocycles. The topological polar surface area (TPSA) is 63.3 Å². The number of carboxylic acids is 1. The zero-order chi connectivity index (χ0) is 7.41. The molecule has 3 aliphatic carbocycles. The molecule has 0 atom stereocenters. The van der Waals surface area contributed by atoms with Crippen LogP contribution in [0.2, 0.25) is 0 Å². The molecular weight excluding hydrogens is 130 g/mol. The van der Waals surface area contributed by atoms with E-state index in [9.17, 15) is 4.79 Å². The molecule has 0 aromatic carbocycles. The molecule has 0 unspecified atom stereocenters. The van der Waals surface area contributed by atoms with E-state index in [2.05, 4.69) is 0 Å². The molecule has 2 bridgehead atoms. The first-order valence-electron chi connectivity index (χ1n) is 3.56. The lowest BCUT2D eigenvalue weighted by Gasteiger charge is -2.68. The molecule has 3 fully saturated rings. The van der Waals surface area contributed by atoms with Crippen LogP contribution in [0.3, 0.4) is 0 Å². The summed E-state index contributed by atoms with van der Waals surface area (Å²) in [4.78, 5) is 10.6. The Bertz CT molecular complexity index is 180. The fourth-order valence-electron chi connectivity index (χ4n) is 2.44. The second-order valence-corrected chi connectivity index (χ2v) is 3.82. The summed E-state index contributed by atoms with van der Waals surface area (Å²) in [6.45, 7) is 0.669. The highest BCUT2D eigenvalue weighted by molar-refractivity contribution is 5.79. The van der Waals surface area contributed by atoms with E-state index in [1.54, 1.807) is 0 Å². The number of carbonyl (C=O) groups is 1. The van der Waals surface area contributed by atoms with E-state index in [0.29, 0.717) is 6.54 Å². The quantitative estimate of drug-likeness (QED) is 0.577. The fourth-order valence-corrected chi connectivity index (χ4v) is 2.44. The Morgan fingerprint density at radius 2 is 2.00 bits per heavy atom. The Labute approximate surface area is 59.2 Å². The Morgan fingerprint density at radius 1 is 1.50 bits per heavy atom. The molecule has 3 saturated carbocycles. The number of carboxylic acid groups (broad SMARTS) is 1. The molecule has 0 spiro atoms. The van der Waals surface area contributed by atoms with Gasteiger partial charge in [-0.3, -0.25) is 4.79 Å². The highest BCUT2D eigenvalue weighted by atomic mass is 16.4. The Morgan fingerprint density at radius 3 is 2.30 bits per heavy atom. The Hall–Kier alpha value is -0.570. The molecule has 3 rings (SSSR count). The van der Waals surface area contributed by atoms with Crippen molar-refractivity contribution in [2.75, 3.05) is 6.54 Å². The van der Waals surface area contributed by atoms with Crippen LogP contribution in [0, 0.1) is 10.8 Å². The number of nitrogens with two attached hydrogens (primary N) is 1. The number of hydrogen-bond acceptors (Lipinski definition) is 2. The van der Waals surface area contributed by atoms with Gasteiger partial charge < -0.3 is 10.8 Å². The molecule has 0 aliphatic heterocycles. The lowest BCUT2D eigenvalue weighted by Crippen LogP contribution is -2.67. The Kier molecular flexibility index (Phi) is 0.844. The summed E-state index contributed by atoms with van der Waals surface area (Å²) in [6.07, 6.45) is 2.48. The third-order valence-corrected chi connectivity index (χ3v) is 3.03. The van der Waals surface area contributed by atoms with Crippen LogP contribution >= 0.6 is 0 Å². The molecule has 0 aromatic heterocycles. The predicted molar refractivity (Wildman–Crippen MR) is 35.4 cm³/mol. The van der Waals surface area contributed by atoms with Crippen LogP contribution in [0.15, 0.2) is 0 Å². The molecule has 0 amide bonds. The van der Waals surface area contributed by atoms with Crippen molar-refractivity contribution in [2.45, 2.75) is 19.3 Å². The predicted octanol–water partition coefficient (Wildman–Crippen LogP) is 0.200. The lowest BCUT2D eigenvalue weighted by atomic mass is 9.35. The summed E-state index contributed by atoms with van der Waals surface area (Å²) in [5, 5.41) is 8.70. The van der Waals surface area contributed by atoms with Gasteiger partial charge in [0.1, 0.15) is 0 Å². The normalized spacial score (nSPS) is 49.3. The minimum atomic E-state index is -0.622. The highest BCUT2D eigenvalue weighted by Gasteiger charge is 2.71. The third kappa shape index (κ3) is 0.440. The summed E-state index contributed by atoms with van der Waals surface area (Å²) in [6, 6.07) is 0. The van der Waals surface area contributed by atoms with Gasteiger partial charge in [-0.2, -0.15) is 0 Å². The maximum Gasteiger partial charge on any atom is 0.309 e. The summed E-state index contributed by atoms with van der Waals surface area (Å²) in [5.74, 6) is -0.622. The van der Waals surface area contributed by atoms with Gasteiger partial charge in [0.05, 0.1) is 5.41 Å². The van der Waals surface area contributed by atoms with Crippen molar-refractivity contribution in [3.05, 3.63) is 0 Å². The van der Waals surface area contributed by atoms with E-state index in [1.807, 2.05) is 0 Å². The summed E-state index contributed by atoms with van der Waals surface area (Å²) in [7, 11) is 0. The van der Waals surface area contributed by atoms with Gasteiger partial charge in [-0.15, -0.1) is 0 Å². The number of rotatable bonds is 2. The van der Waals surface area contributed by atoms with E-state index >= 15 is 0 Å². The standard InChI is InChI=1S/C7H11NO2/c8-4-6-1-7(2-6,3-6)5(9)10/h1-4,8H2,(H,9,10). The van der Waals surface area contributed by atoms with Gasteiger partial charge in [0.25, 0.3) is 0 Å². The lowest BCUT2D eigenvalue weighted by molar-refractivity contribution is -0.218. The van der Waals surface area contributed by atoms with Crippen LogP contribution in [0.4, 0.5) is 0 Å². The van der Waals surface area contributed by atoms with Crippen molar-refractivity contribution in [3.8, 4) is 0 Å². The van der Waals surface area contributed by atoms with Gasteiger partial charge in [-0.25, -0.2) is 0 Å². The van der Waals surface area contributed by atoms with Crippen LogP contribution in [0.1, 0.15) is 19.3 Å². The first-order chi connectivity index (χ1) is 4.63. The zero-order valence-electron chi connectivity index (χ0n) is 5.76. The summed E-state index contributed by atoms with van der Waals surface area (Å²) >= 11 is 0. The van der Waals surface area contributed by atoms with Crippen molar-refractivity contribution in [1.82, 2.24) is 0 Å². The molecular formula is C7H11NO2. The van der Waals surface area contributed by atoms with Gasteiger partial charge in [0.2, 0.25) is 0 Å². The fraction of sp³-hybridized carbons (Fsp3) is 0.857. The first-order valence-corrected chi connectivity index (χ1v) is 3.56. The van der Waals surface area contributed by atoms with Crippen molar-refractivity contribution < 1.29 is 9.90 Å². The Balaban J connectivity index is 2.04. The maximum atomic E-state index is 10.6. The van der Waals surface area contributed by atoms with E-state index in [4.69, 9.17) is 10.8 Å². The molecule has 3 N–H and O–H groups in total. The first kappa shape index (κ1) is 6.16. The molecule has 3 heteroatoms. The molecule has 10 heavy (non-hydrogen) atoms. The van der Waals surface area contributed by atoms with Crippen LogP contribution in [-0.4, -0.2) is 17.6 Å². The van der Waals surface area contributed by atoms with Crippen molar-refractivity contribution in [1.29, 1.82) is 0 Å². The third-order valence-electron chi connectivity index (χ3n) is 3.03. The van der Waals surface area contributed by atoms with E-state index in [-0.39, 0.29) is 10.8 Å². The van der Waals surface area contributed by atoms with Crippen LogP contribution in [0.5, 0.6) is 0 Å². The largest absolute Gasteiger partial charge is 0.481 e. The SMILES string of the molecule is NCC12CC(C(=O)O)(C1)C2. The highest BCUT2D eigenvalue weighted by Crippen LogP contribution is 2.72. The van der Waals surface area contributed by atoms with Gasteiger partial charge >= 0.3 is 5.97 Å². The van der Waals surface area contributed by atoms with E-state index in [0.717, 1.165) is 19.3 Å². The van der Waals surface area contributed by atoms with Crippen molar-refractivity contribution in [2.24, 2.45) is 16.6 Å². The maximum absolute atomic E-state index is 10.6. The number of hydrogen-bond donors (Lipinski definition) is 2. The van der Waals surface area contributed by atoms with Crippen molar-refractivity contribution in [3.63, 3.8) is 0 Å². The van der Waals surface area contributed by atoms with E-state index in [1.165, 1.54) is 0 Å². The van der Waals surface area contributed by atoms with Gasteiger partial charge in [0.15, 0.2) is 0 Å². The van der Waals surface area contributed by atoms with Crippen molar-refractivity contribution >= 4 is 5.97 Å². The van der Waals surface area contributed by atoms with Gasteiger partial charge in [-0.05, 0) is 31.2 Å². The van der Waals surface area contributed by atoms with Gasteiger partial charge in [0, 0.05) is 0 Å². The van der Waals surface area contributed by atoms with Gasteiger partial charge in [-0.1, -0.05) is 0 Å². The smallest absolute Gasteiger partial charge is 0.309 e. The molecule has 56 valence electrons. The minimum absolute atomic E-state index is 0.248. The second kappa shape index (κ2) is 1.37. The molecule has 3 aliphatic rings. The minimum Gasteiger partial charge on any atom is -0.481 e. The molecule has 0 aromatic rings. The van der Waals surface area contributed by atoms with Crippen LogP contribution in [-0.2, 0) is 4.79 Å².